The van der Waals surface area contributed by atoms with Crippen LogP contribution in [0.15, 0.2) is 206 Å². The Kier molecular flexibility index (Phi) is 14.2. The molecule has 0 aliphatic heterocycles. The lowest BCUT2D eigenvalue weighted by Crippen LogP contribution is -2.10. The lowest BCUT2D eigenvalue weighted by atomic mass is 9.85. The van der Waals surface area contributed by atoms with Crippen molar-refractivity contribution in [3.8, 4) is 91.1 Å². The molecule has 0 saturated carbocycles. The lowest BCUT2D eigenvalue weighted by Gasteiger charge is -2.20. The second-order valence-electron chi connectivity index (χ2n) is 28.0. The molecule has 0 fully saturated rings. The Labute approximate surface area is 527 Å². The fourth-order valence-corrected chi connectivity index (χ4v) is 12.5. The zero-order valence-corrected chi connectivity index (χ0v) is 53.2. The molecule has 0 bridgehead atoms. The minimum absolute atomic E-state index is 0.0928. The Morgan fingerprint density at radius 2 is 0.689 bits per heavy atom. The van der Waals surface area contributed by atoms with Gasteiger partial charge in [0, 0.05) is 49.4 Å². The van der Waals surface area contributed by atoms with Gasteiger partial charge in [0.1, 0.15) is 0 Å². The SMILES string of the molecule is [C-]#[N+]c1cccc(-c2ccc(-c3nc(-c4cccc(-c5ccc(C#N)cc5)c4)nc(-c4ccc(-c5cccc(C#N)c5)c(-n5c6ccc(C(C)(C)C)cc6c6cc(C(C)(C)C)ccc65)c4)n3)cc2-n2c3ccc(C(C)(C)C)cc3c3cc(C(C)(C)C)ccc32)c1. The third kappa shape index (κ3) is 10.7. The summed E-state index contributed by atoms with van der Waals surface area (Å²) in [4.78, 5) is 20.4. The van der Waals surface area contributed by atoms with E-state index in [1.165, 1.54) is 22.3 Å². The number of hydrogen-bond acceptors (Lipinski definition) is 5. The predicted octanol–water partition coefficient (Wildman–Crippen LogP) is 21.6. The normalized spacial score (nSPS) is 12.2. The van der Waals surface area contributed by atoms with Crippen LogP contribution in [0.1, 0.15) is 116 Å². The molecule has 0 unspecified atom stereocenters. The largest absolute Gasteiger partial charge is 0.309 e. The van der Waals surface area contributed by atoms with Gasteiger partial charge in [-0.2, -0.15) is 10.5 Å². The van der Waals surface area contributed by atoms with Crippen molar-refractivity contribution in [2.24, 2.45) is 0 Å². The molecule has 3 heterocycles. The van der Waals surface area contributed by atoms with Gasteiger partial charge in [-0.25, -0.2) is 19.8 Å². The van der Waals surface area contributed by atoms with Gasteiger partial charge in [0.2, 0.25) is 0 Å². The Balaban J connectivity index is 1.10. The van der Waals surface area contributed by atoms with Crippen molar-refractivity contribution < 1.29 is 0 Å². The first-order chi connectivity index (χ1) is 42.9. The molecule has 13 rings (SSSR count). The molecule has 8 heteroatoms. The van der Waals surface area contributed by atoms with Crippen molar-refractivity contribution in [3.05, 3.63) is 251 Å². The van der Waals surface area contributed by atoms with Crippen LogP contribution in [0.3, 0.4) is 0 Å². The van der Waals surface area contributed by atoms with Crippen molar-refractivity contribution in [3.63, 3.8) is 0 Å². The van der Waals surface area contributed by atoms with E-state index in [9.17, 15) is 10.5 Å². The quantitative estimate of drug-likeness (QED) is 0.141. The number of rotatable bonds is 8. The van der Waals surface area contributed by atoms with Gasteiger partial charge < -0.3 is 9.13 Å². The zero-order chi connectivity index (χ0) is 63.2. The first kappa shape index (κ1) is 58.3. The third-order valence-corrected chi connectivity index (χ3v) is 17.7. The summed E-state index contributed by atoms with van der Waals surface area (Å²) in [7, 11) is 0. The van der Waals surface area contributed by atoms with Crippen LogP contribution >= 0.6 is 0 Å². The molecule has 90 heavy (non-hydrogen) atoms. The maximum atomic E-state index is 10.3. The molecule has 0 amide bonds. The monoisotopic (exact) mass is 1170 g/mol. The molecule has 0 saturated heterocycles. The van der Waals surface area contributed by atoms with Crippen LogP contribution in [0, 0.1) is 29.2 Å². The van der Waals surface area contributed by atoms with Crippen LogP contribution in [0.25, 0.3) is 127 Å². The van der Waals surface area contributed by atoms with Crippen LogP contribution in [0.4, 0.5) is 5.69 Å². The first-order valence-electron chi connectivity index (χ1n) is 30.8. The summed E-state index contributed by atoms with van der Waals surface area (Å²) in [5.41, 5.74) is 20.3. The van der Waals surface area contributed by atoms with Gasteiger partial charge in [-0.15, -0.1) is 0 Å². The Bertz CT molecular complexity index is 4780. The van der Waals surface area contributed by atoms with Gasteiger partial charge in [0.25, 0.3) is 0 Å². The summed E-state index contributed by atoms with van der Waals surface area (Å²) < 4.78 is 4.75. The molecule has 0 aliphatic rings. The van der Waals surface area contributed by atoms with E-state index >= 15 is 0 Å². The molecule has 0 atom stereocenters. The van der Waals surface area contributed by atoms with E-state index in [0.717, 1.165) is 105 Å². The molecule has 438 valence electrons. The molecule has 0 aliphatic carbocycles. The lowest BCUT2D eigenvalue weighted by molar-refractivity contribution is 0.590. The van der Waals surface area contributed by atoms with Crippen LogP contribution in [-0.2, 0) is 21.7 Å². The number of benzene rings is 10. The number of aromatic nitrogens is 5. The van der Waals surface area contributed by atoms with Gasteiger partial charge in [-0.1, -0.05) is 192 Å². The minimum atomic E-state index is -0.0942. The van der Waals surface area contributed by atoms with E-state index in [1.807, 2.05) is 72.8 Å². The van der Waals surface area contributed by atoms with Crippen molar-refractivity contribution >= 4 is 49.3 Å². The van der Waals surface area contributed by atoms with Crippen LogP contribution in [0.2, 0.25) is 0 Å². The van der Waals surface area contributed by atoms with Crippen molar-refractivity contribution in [2.45, 2.75) is 105 Å². The van der Waals surface area contributed by atoms with Crippen LogP contribution in [0.5, 0.6) is 0 Å². The standard InChI is InChI=1S/C82H70N8/c1-79(2,3)59-29-35-70-66(44-59)67-45-60(80(4,5)6)30-36-71(67)89(70)74-42-57(27-33-64(74)54-19-14-17-51(39-54)49-84)77-86-76(56-21-15-18-53(40-56)52-25-23-50(48-83)24-26-52)87-78(88-77)58-28-34-65(55-20-16-22-63(41-55)85-13)75(43-58)90-72-37-31-61(81(7,8)9)46-68(72)69-47-62(82(10,11)12)32-38-73(69)90/h14-47H,1-12H3. The second kappa shape index (κ2) is 21.8. The van der Waals surface area contributed by atoms with E-state index < -0.39 is 0 Å². The molecule has 0 spiro atoms. The summed E-state index contributed by atoms with van der Waals surface area (Å²) in [6.07, 6.45) is 0. The van der Waals surface area contributed by atoms with Crippen LogP contribution in [-0.4, -0.2) is 24.1 Å². The van der Waals surface area contributed by atoms with E-state index in [0.29, 0.717) is 34.3 Å². The van der Waals surface area contributed by atoms with Crippen LogP contribution < -0.4 is 0 Å². The smallest absolute Gasteiger partial charge is 0.187 e. The molecule has 10 aromatic carbocycles. The Hall–Kier alpha value is -10.7. The fraction of sp³-hybridized carbons (Fsp3) is 0.195. The molecule has 8 nitrogen and oxygen atoms in total. The Morgan fingerprint density at radius 1 is 0.333 bits per heavy atom. The average molecular weight is 1170 g/mol. The highest BCUT2D eigenvalue weighted by atomic mass is 15.0. The molecule has 3 aromatic heterocycles. The predicted molar refractivity (Wildman–Crippen MR) is 372 cm³/mol. The number of nitriles is 2. The number of nitrogens with zero attached hydrogens (tertiary/aromatic N) is 8. The topological polar surface area (TPSA) is 100 Å². The van der Waals surface area contributed by atoms with Gasteiger partial charge >= 0.3 is 0 Å². The number of fused-ring (bicyclic) bond motifs is 6. The molecular formula is C82H70N8. The van der Waals surface area contributed by atoms with E-state index in [-0.39, 0.29) is 21.7 Å². The third-order valence-electron chi connectivity index (χ3n) is 17.7. The summed E-state index contributed by atoms with van der Waals surface area (Å²) in [5.74, 6) is 1.43. The highest BCUT2D eigenvalue weighted by Crippen LogP contribution is 2.45. The molecule has 0 radical (unpaired) electrons. The number of hydrogen-bond donors (Lipinski definition) is 0. The minimum Gasteiger partial charge on any atom is -0.309 e. The van der Waals surface area contributed by atoms with Gasteiger partial charge in [-0.05, 0) is 163 Å². The van der Waals surface area contributed by atoms with Crippen molar-refractivity contribution in [1.29, 1.82) is 10.5 Å². The van der Waals surface area contributed by atoms with Gasteiger partial charge in [-0.3, -0.25) is 0 Å². The fourth-order valence-electron chi connectivity index (χ4n) is 12.5. The maximum absolute atomic E-state index is 10.3. The van der Waals surface area contributed by atoms with Crippen molar-refractivity contribution in [1.82, 2.24) is 24.1 Å². The van der Waals surface area contributed by atoms with Gasteiger partial charge in [0.05, 0.1) is 63.3 Å². The zero-order valence-electron chi connectivity index (χ0n) is 53.2. The molecular weight excluding hydrogens is 1100 g/mol. The average Bonchev–Trinajstić information content (AvgIpc) is 1.59. The molecule has 0 N–H and O–H groups in total. The van der Waals surface area contributed by atoms with Gasteiger partial charge in [0.15, 0.2) is 23.2 Å². The van der Waals surface area contributed by atoms with E-state index in [2.05, 4.69) is 243 Å². The highest BCUT2D eigenvalue weighted by Gasteiger charge is 2.27. The summed E-state index contributed by atoms with van der Waals surface area (Å²) in [6, 6.07) is 76.6. The second-order valence-corrected chi connectivity index (χ2v) is 28.0. The van der Waals surface area contributed by atoms with Crippen molar-refractivity contribution in [2.75, 3.05) is 0 Å². The maximum Gasteiger partial charge on any atom is 0.187 e. The highest BCUT2D eigenvalue weighted by molar-refractivity contribution is 6.12. The summed E-state index contributed by atoms with van der Waals surface area (Å²) in [5, 5.41) is 24.6. The Morgan fingerprint density at radius 3 is 1.09 bits per heavy atom. The van der Waals surface area contributed by atoms with E-state index in [1.54, 1.807) is 0 Å². The first-order valence-corrected chi connectivity index (χ1v) is 30.8. The van der Waals surface area contributed by atoms with E-state index in [4.69, 9.17) is 21.5 Å². The summed E-state index contributed by atoms with van der Waals surface area (Å²) >= 11 is 0. The summed E-state index contributed by atoms with van der Waals surface area (Å²) in [6.45, 7) is 35.2. The molecule has 13 aromatic rings.